The van der Waals surface area contributed by atoms with Crippen molar-refractivity contribution >= 4 is 46.6 Å². The molecule has 3 aromatic rings. The standard InChI is InChI=1S/C19H12Cl2N4OS/c20-14-2-3-15(21)17(9-14)24-18(26)11-27-19-13(10-22)1-4-16(25-19)12-5-7-23-8-6-12/h1-9H,11H2,(H,24,26). The maximum Gasteiger partial charge on any atom is 0.234 e. The first-order chi connectivity index (χ1) is 13.1. The van der Waals surface area contributed by atoms with Gasteiger partial charge < -0.3 is 5.32 Å². The van der Waals surface area contributed by atoms with Gasteiger partial charge in [-0.2, -0.15) is 5.26 Å². The van der Waals surface area contributed by atoms with E-state index < -0.39 is 0 Å². The van der Waals surface area contributed by atoms with Gasteiger partial charge in [-0.3, -0.25) is 9.78 Å². The summed E-state index contributed by atoms with van der Waals surface area (Å²) in [5.41, 5.74) is 2.43. The van der Waals surface area contributed by atoms with Crippen LogP contribution in [0.3, 0.4) is 0 Å². The van der Waals surface area contributed by atoms with Gasteiger partial charge in [-0.25, -0.2) is 4.98 Å². The Labute approximate surface area is 170 Å². The molecule has 0 aliphatic rings. The molecule has 3 rings (SSSR count). The fourth-order valence-corrected chi connectivity index (χ4v) is 3.34. The molecule has 5 nitrogen and oxygen atoms in total. The van der Waals surface area contributed by atoms with Crippen LogP contribution in [0.1, 0.15) is 5.56 Å². The summed E-state index contributed by atoms with van der Waals surface area (Å²) in [6, 6.07) is 14.0. The zero-order chi connectivity index (χ0) is 19.2. The van der Waals surface area contributed by atoms with Crippen LogP contribution >= 0.6 is 35.0 Å². The smallest absolute Gasteiger partial charge is 0.234 e. The third-order valence-corrected chi connectivity index (χ3v) is 5.06. The van der Waals surface area contributed by atoms with E-state index in [-0.39, 0.29) is 11.7 Å². The number of carbonyl (C=O) groups is 1. The van der Waals surface area contributed by atoms with E-state index in [1.165, 1.54) is 11.8 Å². The Morgan fingerprint density at radius 1 is 1.15 bits per heavy atom. The SMILES string of the molecule is N#Cc1ccc(-c2ccncc2)nc1SCC(=O)Nc1cc(Cl)ccc1Cl. The summed E-state index contributed by atoms with van der Waals surface area (Å²) in [5.74, 6) is -0.200. The Morgan fingerprint density at radius 2 is 1.93 bits per heavy atom. The summed E-state index contributed by atoms with van der Waals surface area (Å²) in [4.78, 5) is 20.7. The lowest BCUT2D eigenvalue weighted by atomic mass is 10.1. The Morgan fingerprint density at radius 3 is 2.67 bits per heavy atom. The lowest BCUT2D eigenvalue weighted by molar-refractivity contribution is -0.113. The molecule has 0 radical (unpaired) electrons. The van der Waals surface area contributed by atoms with Crippen LogP contribution in [0.15, 0.2) is 59.9 Å². The molecule has 0 atom stereocenters. The van der Waals surface area contributed by atoms with E-state index in [2.05, 4.69) is 21.4 Å². The maximum absolute atomic E-state index is 12.3. The summed E-state index contributed by atoms with van der Waals surface area (Å²) in [6.07, 6.45) is 3.34. The van der Waals surface area contributed by atoms with E-state index in [1.54, 1.807) is 42.7 Å². The average molecular weight is 415 g/mol. The van der Waals surface area contributed by atoms with E-state index in [9.17, 15) is 10.1 Å². The van der Waals surface area contributed by atoms with Gasteiger partial charge in [0, 0.05) is 23.0 Å². The summed E-state index contributed by atoms with van der Waals surface area (Å²) in [6.45, 7) is 0. The number of pyridine rings is 2. The monoisotopic (exact) mass is 414 g/mol. The second kappa shape index (κ2) is 8.87. The van der Waals surface area contributed by atoms with Crippen molar-refractivity contribution in [2.75, 3.05) is 11.1 Å². The first-order valence-electron chi connectivity index (χ1n) is 7.76. The number of benzene rings is 1. The molecule has 2 heterocycles. The molecule has 0 unspecified atom stereocenters. The van der Waals surface area contributed by atoms with E-state index in [4.69, 9.17) is 23.2 Å². The van der Waals surface area contributed by atoms with Crippen molar-refractivity contribution in [3.05, 3.63) is 70.5 Å². The van der Waals surface area contributed by atoms with Gasteiger partial charge in [-0.15, -0.1) is 0 Å². The fraction of sp³-hybridized carbons (Fsp3) is 0.0526. The molecule has 134 valence electrons. The predicted molar refractivity (Wildman–Crippen MR) is 108 cm³/mol. The lowest BCUT2D eigenvalue weighted by Gasteiger charge is -2.09. The maximum atomic E-state index is 12.3. The number of halogens is 2. The number of nitriles is 1. The quantitative estimate of drug-likeness (QED) is 0.590. The van der Waals surface area contributed by atoms with Crippen LogP contribution in [-0.4, -0.2) is 21.6 Å². The molecule has 0 saturated carbocycles. The average Bonchev–Trinajstić information content (AvgIpc) is 2.69. The van der Waals surface area contributed by atoms with E-state index in [0.29, 0.717) is 32.0 Å². The van der Waals surface area contributed by atoms with Crippen molar-refractivity contribution in [1.82, 2.24) is 9.97 Å². The third-order valence-electron chi connectivity index (χ3n) is 3.50. The summed E-state index contributed by atoms with van der Waals surface area (Å²) < 4.78 is 0. The molecular formula is C19H12Cl2N4OS. The van der Waals surface area contributed by atoms with E-state index >= 15 is 0 Å². The number of amides is 1. The van der Waals surface area contributed by atoms with Crippen molar-refractivity contribution in [3.63, 3.8) is 0 Å². The number of anilines is 1. The van der Waals surface area contributed by atoms with Crippen LogP contribution in [0.5, 0.6) is 0 Å². The molecular weight excluding hydrogens is 403 g/mol. The number of aromatic nitrogens is 2. The van der Waals surface area contributed by atoms with Crippen LogP contribution in [0, 0.1) is 11.3 Å². The minimum Gasteiger partial charge on any atom is -0.324 e. The first-order valence-corrected chi connectivity index (χ1v) is 9.50. The molecule has 27 heavy (non-hydrogen) atoms. The Hall–Kier alpha value is -2.59. The van der Waals surface area contributed by atoms with Gasteiger partial charge >= 0.3 is 0 Å². The Bertz CT molecular complexity index is 1020. The highest BCUT2D eigenvalue weighted by Gasteiger charge is 2.12. The minimum atomic E-state index is -0.274. The van der Waals surface area contributed by atoms with Gasteiger partial charge in [0.05, 0.1) is 27.7 Å². The summed E-state index contributed by atoms with van der Waals surface area (Å²) in [7, 11) is 0. The van der Waals surface area contributed by atoms with Crippen molar-refractivity contribution in [3.8, 4) is 17.3 Å². The summed E-state index contributed by atoms with van der Waals surface area (Å²) in [5, 5.41) is 13.4. The van der Waals surface area contributed by atoms with Crippen LogP contribution in [-0.2, 0) is 4.79 Å². The second-order valence-corrected chi connectivity index (χ2v) is 7.17. The van der Waals surface area contributed by atoms with Crippen molar-refractivity contribution in [2.24, 2.45) is 0 Å². The first kappa shape index (κ1) is 19.2. The third kappa shape index (κ3) is 4.98. The van der Waals surface area contributed by atoms with Crippen molar-refractivity contribution in [1.29, 1.82) is 5.26 Å². The number of hydrogen-bond donors (Lipinski definition) is 1. The highest BCUT2D eigenvalue weighted by atomic mass is 35.5. The van der Waals surface area contributed by atoms with Gasteiger partial charge in [-0.05, 0) is 42.5 Å². The summed E-state index contributed by atoms with van der Waals surface area (Å²) >= 11 is 13.2. The molecule has 0 fully saturated rings. The lowest BCUT2D eigenvalue weighted by Crippen LogP contribution is -2.14. The second-order valence-electron chi connectivity index (χ2n) is 5.36. The largest absolute Gasteiger partial charge is 0.324 e. The minimum absolute atomic E-state index is 0.0737. The molecule has 1 N–H and O–H groups in total. The predicted octanol–water partition coefficient (Wildman–Crippen LogP) is 5.05. The topological polar surface area (TPSA) is 78.7 Å². The highest BCUT2D eigenvalue weighted by Crippen LogP contribution is 2.27. The van der Waals surface area contributed by atoms with Gasteiger partial charge in [0.1, 0.15) is 11.1 Å². The molecule has 2 aromatic heterocycles. The number of carbonyl (C=O) groups excluding carboxylic acids is 1. The van der Waals surface area contributed by atoms with Gasteiger partial charge in [0.25, 0.3) is 0 Å². The zero-order valence-corrected chi connectivity index (χ0v) is 16.1. The van der Waals surface area contributed by atoms with Gasteiger partial charge in [0.2, 0.25) is 5.91 Å². The number of hydrogen-bond acceptors (Lipinski definition) is 5. The van der Waals surface area contributed by atoms with Crippen LogP contribution in [0.2, 0.25) is 10.0 Å². The molecule has 0 aliphatic carbocycles. The molecule has 1 aromatic carbocycles. The number of nitrogens with zero attached hydrogens (tertiary/aromatic N) is 3. The normalized spacial score (nSPS) is 10.3. The van der Waals surface area contributed by atoms with Crippen molar-refractivity contribution < 1.29 is 4.79 Å². The molecule has 8 heteroatoms. The zero-order valence-electron chi connectivity index (χ0n) is 13.8. The molecule has 0 saturated heterocycles. The highest BCUT2D eigenvalue weighted by molar-refractivity contribution is 8.00. The molecule has 1 amide bonds. The van der Waals surface area contributed by atoms with Crippen LogP contribution in [0.4, 0.5) is 5.69 Å². The van der Waals surface area contributed by atoms with Gasteiger partial charge in [0.15, 0.2) is 0 Å². The van der Waals surface area contributed by atoms with E-state index in [0.717, 1.165) is 5.56 Å². The number of rotatable bonds is 5. The number of thioether (sulfide) groups is 1. The fourth-order valence-electron chi connectivity index (χ4n) is 2.23. The molecule has 0 aliphatic heterocycles. The van der Waals surface area contributed by atoms with Crippen LogP contribution in [0.25, 0.3) is 11.3 Å². The molecule has 0 spiro atoms. The Kier molecular flexibility index (Phi) is 6.30. The number of nitrogens with one attached hydrogen (secondary N) is 1. The Balaban J connectivity index is 1.74. The van der Waals surface area contributed by atoms with Crippen LogP contribution < -0.4 is 5.32 Å². The van der Waals surface area contributed by atoms with Gasteiger partial charge in [-0.1, -0.05) is 35.0 Å². The van der Waals surface area contributed by atoms with E-state index in [1.807, 2.05) is 12.1 Å². The van der Waals surface area contributed by atoms with Crippen molar-refractivity contribution in [2.45, 2.75) is 5.03 Å². The molecule has 0 bridgehead atoms.